The van der Waals surface area contributed by atoms with E-state index in [1.165, 1.54) is 30.5 Å². The van der Waals surface area contributed by atoms with Crippen LogP contribution in [0.4, 0.5) is 5.69 Å². The highest BCUT2D eigenvalue weighted by Crippen LogP contribution is 2.27. The second-order valence-electron chi connectivity index (χ2n) is 5.56. The summed E-state index contributed by atoms with van der Waals surface area (Å²) < 4.78 is 0. The molecule has 0 atom stereocenters. The van der Waals surface area contributed by atoms with E-state index in [2.05, 4.69) is 29.2 Å². The Morgan fingerprint density at radius 3 is 2.68 bits per heavy atom. The molecule has 1 aromatic carbocycles. The highest BCUT2D eigenvalue weighted by atomic mass is 16.2. The van der Waals surface area contributed by atoms with Gasteiger partial charge in [-0.1, -0.05) is 18.2 Å². The van der Waals surface area contributed by atoms with E-state index in [-0.39, 0.29) is 0 Å². The number of likely N-dealkylation sites (tertiary alicyclic amines) is 1. The van der Waals surface area contributed by atoms with Crippen molar-refractivity contribution in [3.63, 3.8) is 0 Å². The van der Waals surface area contributed by atoms with Crippen LogP contribution in [0, 0.1) is 0 Å². The van der Waals surface area contributed by atoms with Crippen molar-refractivity contribution < 1.29 is 4.79 Å². The largest absolute Gasteiger partial charge is 0.370 e. The first-order valence-electron chi connectivity index (χ1n) is 7.45. The van der Waals surface area contributed by atoms with Crippen molar-refractivity contribution in [1.29, 1.82) is 0 Å². The Hall–Kier alpha value is -1.51. The van der Waals surface area contributed by atoms with Gasteiger partial charge in [-0.15, -0.1) is 0 Å². The van der Waals surface area contributed by atoms with Gasteiger partial charge in [-0.05, 0) is 37.3 Å². The Balaban J connectivity index is 1.54. The topological polar surface area (TPSA) is 23.6 Å². The SMILES string of the molecule is O=C(CCN1CCc2ccccc21)N1CCCCC1. The molecule has 0 saturated carbocycles. The van der Waals surface area contributed by atoms with E-state index in [0.29, 0.717) is 12.3 Å². The van der Waals surface area contributed by atoms with Gasteiger partial charge in [0.2, 0.25) is 5.91 Å². The van der Waals surface area contributed by atoms with Crippen LogP contribution in [0.15, 0.2) is 24.3 Å². The van der Waals surface area contributed by atoms with Gasteiger partial charge < -0.3 is 9.80 Å². The van der Waals surface area contributed by atoms with Gasteiger partial charge in [0.15, 0.2) is 0 Å². The predicted octanol–water partition coefficient (Wildman–Crippen LogP) is 2.45. The van der Waals surface area contributed by atoms with Gasteiger partial charge in [0, 0.05) is 38.3 Å². The summed E-state index contributed by atoms with van der Waals surface area (Å²) in [7, 11) is 0. The first kappa shape index (κ1) is 12.5. The molecule has 1 aromatic rings. The van der Waals surface area contributed by atoms with Gasteiger partial charge in [-0.3, -0.25) is 4.79 Å². The Labute approximate surface area is 115 Å². The number of fused-ring (bicyclic) bond motifs is 1. The molecule has 3 heteroatoms. The number of carbonyl (C=O) groups excluding carboxylic acids is 1. The smallest absolute Gasteiger partial charge is 0.224 e. The number of anilines is 1. The maximum Gasteiger partial charge on any atom is 0.224 e. The molecule has 0 radical (unpaired) electrons. The fraction of sp³-hybridized carbons (Fsp3) is 0.562. The average molecular weight is 258 g/mol. The van der Waals surface area contributed by atoms with Crippen LogP contribution >= 0.6 is 0 Å². The van der Waals surface area contributed by atoms with E-state index in [1.807, 2.05) is 4.90 Å². The molecule has 0 aromatic heterocycles. The molecule has 1 fully saturated rings. The van der Waals surface area contributed by atoms with E-state index in [4.69, 9.17) is 0 Å². The number of nitrogens with zero attached hydrogens (tertiary/aromatic N) is 2. The van der Waals surface area contributed by atoms with Crippen LogP contribution in [0.3, 0.4) is 0 Å². The van der Waals surface area contributed by atoms with Crippen molar-refractivity contribution in [2.75, 3.05) is 31.1 Å². The molecule has 0 spiro atoms. The maximum absolute atomic E-state index is 12.2. The van der Waals surface area contributed by atoms with E-state index < -0.39 is 0 Å². The number of rotatable bonds is 3. The minimum Gasteiger partial charge on any atom is -0.370 e. The highest BCUT2D eigenvalue weighted by molar-refractivity contribution is 5.77. The van der Waals surface area contributed by atoms with Crippen molar-refractivity contribution in [2.45, 2.75) is 32.1 Å². The van der Waals surface area contributed by atoms with Gasteiger partial charge in [-0.2, -0.15) is 0 Å². The van der Waals surface area contributed by atoms with Gasteiger partial charge in [-0.25, -0.2) is 0 Å². The lowest BCUT2D eigenvalue weighted by molar-refractivity contribution is -0.131. The van der Waals surface area contributed by atoms with Crippen LogP contribution in [0.2, 0.25) is 0 Å². The summed E-state index contributed by atoms with van der Waals surface area (Å²) >= 11 is 0. The van der Waals surface area contributed by atoms with E-state index in [0.717, 1.165) is 32.6 Å². The molecule has 1 amide bonds. The average Bonchev–Trinajstić information content (AvgIpc) is 2.89. The molecule has 0 N–H and O–H groups in total. The van der Waals surface area contributed by atoms with Crippen LogP contribution in [0.5, 0.6) is 0 Å². The number of carbonyl (C=O) groups is 1. The fourth-order valence-electron chi connectivity index (χ4n) is 3.17. The van der Waals surface area contributed by atoms with E-state index in [9.17, 15) is 4.79 Å². The zero-order valence-corrected chi connectivity index (χ0v) is 11.5. The number of hydrogen-bond donors (Lipinski definition) is 0. The molecule has 19 heavy (non-hydrogen) atoms. The Kier molecular flexibility index (Phi) is 3.72. The van der Waals surface area contributed by atoms with Gasteiger partial charge >= 0.3 is 0 Å². The molecule has 2 aliphatic rings. The predicted molar refractivity (Wildman–Crippen MR) is 77.4 cm³/mol. The molecule has 1 saturated heterocycles. The third-order valence-electron chi connectivity index (χ3n) is 4.29. The van der Waals surface area contributed by atoms with Crippen LogP contribution in [0.25, 0.3) is 0 Å². The van der Waals surface area contributed by atoms with Gasteiger partial charge in [0.25, 0.3) is 0 Å². The van der Waals surface area contributed by atoms with Gasteiger partial charge in [0.05, 0.1) is 0 Å². The van der Waals surface area contributed by atoms with Crippen LogP contribution in [0.1, 0.15) is 31.2 Å². The number of para-hydroxylation sites is 1. The molecular formula is C16H22N2O. The minimum absolute atomic E-state index is 0.337. The standard InChI is InChI=1S/C16H22N2O/c19-16(18-10-4-1-5-11-18)9-13-17-12-8-14-6-2-3-7-15(14)17/h2-3,6-7H,1,4-5,8-13H2. The van der Waals surface area contributed by atoms with E-state index >= 15 is 0 Å². The first-order chi connectivity index (χ1) is 9.34. The third kappa shape index (κ3) is 2.75. The lowest BCUT2D eigenvalue weighted by atomic mass is 10.1. The Morgan fingerprint density at radius 1 is 1.05 bits per heavy atom. The number of hydrogen-bond acceptors (Lipinski definition) is 2. The van der Waals surface area contributed by atoms with Crippen LogP contribution in [-0.4, -0.2) is 37.0 Å². The molecule has 0 bridgehead atoms. The fourth-order valence-corrected chi connectivity index (χ4v) is 3.17. The Bertz CT molecular complexity index is 452. The van der Waals surface area contributed by atoms with Crippen LogP contribution in [-0.2, 0) is 11.2 Å². The molecular weight excluding hydrogens is 236 g/mol. The third-order valence-corrected chi connectivity index (χ3v) is 4.29. The molecule has 102 valence electrons. The summed E-state index contributed by atoms with van der Waals surface area (Å²) in [6.07, 6.45) is 5.42. The number of piperidine rings is 1. The second-order valence-corrected chi connectivity index (χ2v) is 5.56. The van der Waals surface area contributed by atoms with E-state index in [1.54, 1.807) is 0 Å². The molecule has 2 heterocycles. The molecule has 3 nitrogen and oxygen atoms in total. The van der Waals surface area contributed by atoms with Crippen molar-refractivity contribution >= 4 is 11.6 Å². The molecule has 0 aliphatic carbocycles. The first-order valence-corrected chi connectivity index (χ1v) is 7.45. The monoisotopic (exact) mass is 258 g/mol. The van der Waals surface area contributed by atoms with Gasteiger partial charge in [0.1, 0.15) is 0 Å². The van der Waals surface area contributed by atoms with Crippen molar-refractivity contribution in [3.8, 4) is 0 Å². The quantitative estimate of drug-likeness (QED) is 0.831. The van der Waals surface area contributed by atoms with Crippen molar-refractivity contribution in [3.05, 3.63) is 29.8 Å². The summed E-state index contributed by atoms with van der Waals surface area (Å²) in [5.74, 6) is 0.337. The normalized spacial score (nSPS) is 18.5. The zero-order chi connectivity index (χ0) is 13.1. The summed E-state index contributed by atoms with van der Waals surface area (Å²) in [6, 6.07) is 8.56. The van der Waals surface area contributed by atoms with Crippen molar-refractivity contribution in [2.24, 2.45) is 0 Å². The summed E-state index contributed by atoms with van der Waals surface area (Å²) in [4.78, 5) is 16.6. The van der Waals surface area contributed by atoms with Crippen LogP contribution < -0.4 is 4.90 Å². The lowest BCUT2D eigenvalue weighted by Gasteiger charge is -2.28. The number of amides is 1. The summed E-state index contributed by atoms with van der Waals surface area (Å²) in [5, 5.41) is 0. The summed E-state index contributed by atoms with van der Waals surface area (Å²) in [6.45, 7) is 3.86. The zero-order valence-electron chi connectivity index (χ0n) is 11.5. The van der Waals surface area contributed by atoms with Crippen molar-refractivity contribution in [1.82, 2.24) is 4.90 Å². The molecule has 2 aliphatic heterocycles. The Morgan fingerprint density at radius 2 is 1.84 bits per heavy atom. The summed E-state index contributed by atoms with van der Waals surface area (Å²) in [5.41, 5.74) is 2.75. The molecule has 3 rings (SSSR count). The maximum atomic E-state index is 12.2. The lowest BCUT2D eigenvalue weighted by Crippen LogP contribution is -2.37. The minimum atomic E-state index is 0.337. The second kappa shape index (κ2) is 5.64. The molecule has 0 unspecified atom stereocenters. The highest BCUT2D eigenvalue weighted by Gasteiger charge is 2.21. The number of benzene rings is 1.